The highest BCUT2D eigenvalue weighted by molar-refractivity contribution is 6.02. The number of carbonyl (C=O) groups is 1. The van der Waals surface area contributed by atoms with Gasteiger partial charge in [0.05, 0.1) is 5.69 Å². The van der Waals surface area contributed by atoms with Crippen LogP contribution in [0.25, 0.3) is 5.69 Å². The van der Waals surface area contributed by atoms with Crippen molar-refractivity contribution in [3.8, 4) is 11.4 Å². The molecule has 1 aromatic carbocycles. The number of aromatic nitrogens is 2. The zero-order chi connectivity index (χ0) is 16.8. The first-order valence-corrected chi connectivity index (χ1v) is 6.54. The van der Waals surface area contributed by atoms with Crippen molar-refractivity contribution in [2.75, 3.05) is 7.05 Å². The van der Waals surface area contributed by atoms with Crippen LogP contribution < -0.4 is 15.5 Å². The lowest BCUT2D eigenvalue weighted by Gasteiger charge is -2.09. The fourth-order valence-electron chi connectivity index (χ4n) is 1.76. The molecule has 0 aliphatic heterocycles. The molecule has 1 heterocycles. The predicted molar refractivity (Wildman–Crippen MR) is 79.0 cm³/mol. The van der Waals surface area contributed by atoms with Crippen LogP contribution in [0.4, 0.5) is 8.78 Å². The van der Waals surface area contributed by atoms with Gasteiger partial charge in [-0.05, 0) is 12.1 Å². The van der Waals surface area contributed by atoms with Crippen molar-refractivity contribution in [3.63, 3.8) is 0 Å². The highest BCUT2D eigenvalue weighted by Crippen LogP contribution is 2.18. The summed E-state index contributed by atoms with van der Waals surface area (Å²) in [5.41, 5.74) is -0.444. The topological polar surface area (TPSA) is 73.2 Å². The minimum absolute atomic E-state index is 0.0547. The molecule has 0 radical (unpaired) electrons. The van der Waals surface area contributed by atoms with E-state index in [9.17, 15) is 18.4 Å². The number of carbonyl (C=O) groups excluding carboxylic acids is 1. The molecular weight excluding hydrogens is 308 g/mol. The molecule has 0 saturated carbocycles. The third-order valence-corrected chi connectivity index (χ3v) is 2.75. The van der Waals surface area contributed by atoms with Gasteiger partial charge in [0.1, 0.15) is 5.75 Å². The van der Waals surface area contributed by atoms with Gasteiger partial charge in [-0.2, -0.15) is 13.9 Å². The van der Waals surface area contributed by atoms with Gasteiger partial charge in [-0.3, -0.25) is 9.59 Å². The minimum Gasteiger partial charge on any atom is -0.435 e. The van der Waals surface area contributed by atoms with Crippen LogP contribution in [0.1, 0.15) is 10.5 Å². The summed E-state index contributed by atoms with van der Waals surface area (Å²) in [7, 11) is 1.61. The summed E-state index contributed by atoms with van der Waals surface area (Å²) in [6, 6.07) is 6.93. The van der Waals surface area contributed by atoms with Gasteiger partial charge in [0.2, 0.25) is 11.2 Å². The Labute approximate surface area is 130 Å². The number of ether oxygens (including phenoxy) is 1. The van der Waals surface area contributed by atoms with Crippen molar-refractivity contribution in [1.82, 2.24) is 15.1 Å². The summed E-state index contributed by atoms with van der Waals surface area (Å²) >= 11 is 0. The van der Waals surface area contributed by atoms with Crippen LogP contribution in [0.2, 0.25) is 0 Å². The van der Waals surface area contributed by atoms with Crippen LogP contribution >= 0.6 is 0 Å². The summed E-state index contributed by atoms with van der Waals surface area (Å²) in [4.78, 5) is 23.6. The first kappa shape index (κ1) is 16.3. The van der Waals surface area contributed by atoms with Crippen molar-refractivity contribution < 1.29 is 18.3 Å². The number of hydrogen-bond acceptors (Lipinski definition) is 5. The van der Waals surface area contributed by atoms with Crippen molar-refractivity contribution in [2.24, 2.45) is 0 Å². The number of halogens is 2. The molecule has 8 heteroatoms. The van der Waals surface area contributed by atoms with E-state index in [1.807, 2.05) is 0 Å². The maximum Gasteiger partial charge on any atom is 0.387 e. The fourth-order valence-corrected chi connectivity index (χ4v) is 1.76. The number of benzene rings is 1. The summed E-state index contributed by atoms with van der Waals surface area (Å²) in [5.74, 6) is -0.625. The fraction of sp³-hybridized carbons (Fsp3) is 0.133. The van der Waals surface area contributed by atoms with Gasteiger partial charge in [0.25, 0.3) is 0 Å². The third-order valence-electron chi connectivity index (χ3n) is 2.75. The Kier molecular flexibility index (Phi) is 5.19. The molecule has 0 saturated heterocycles. The van der Waals surface area contributed by atoms with Crippen LogP contribution in [-0.4, -0.2) is 29.2 Å². The molecule has 0 unspecified atom stereocenters. The van der Waals surface area contributed by atoms with E-state index in [0.717, 1.165) is 0 Å². The molecular formula is C15H13F2N3O3. The number of ketones is 1. The van der Waals surface area contributed by atoms with Crippen molar-refractivity contribution in [2.45, 2.75) is 6.61 Å². The summed E-state index contributed by atoms with van der Waals surface area (Å²) in [6.45, 7) is -2.95. The lowest BCUT2D eigenvalue weighted by atomic mass is 10.2. The zero-order valence-electron chi connectivity index (χ0n) is 12.1. The van der Waals surface area contributed by atoms with E-state index in [1.165, 1.54) is 47.4 Å². The van der Waals surface area contributed by atoms with E-state index in [2.05, 4.69) is 15.2 Å². The molecule has 23 heavy (non-hydrogen) atoms. The summed E-state index contributed by atoms with van der Waals surface area (Å²) in [5, 5.41) is 6.58. The van der Waals surface area contributed by atoms with Crippen molar-refractivity contribution >= 4 is 5.78 Å². The largest absolute Gasteiger partial charge is 0.435 e. The van der Waals surface area contributed by atoms with Gasteiger partial charge < -0.3 is 10.1 Å². The van der Waals surface area contributed by atoms with E-state index < -0.39 is 17.8 Å². The second-order valence-corrected chi connectivity index (χ2v) is 4.34. The number of nitrogens with zero attached hydrogens (tertiary/aromatic N) is 2. The van der Waals surface area contributed by atoms with Crippen molar-refractivity contribution in [3.05, 3.63) is 64.7 Å². The normalized spacial score (nSPS) is 11.0. The Balaban J connectivity index is 2.39. The van der Waals surface area contributed by atoms with Crippen molar-refractivity contribution in [1.29, 1.82) is 0 Å². The zero-order valence-corrected chi connectivity index (χ0v) is 12.1. The monoisotopic (exact) mass is 321 g/mol. The van der Waals surface area contributed by atoms with E-state index in [-0.39, 0.29) is 11.4 Å². The molecule has 0 aliphatic carbocycles. The minimum atomic E-state index is -2.95. The average Bonchev–Trinajstić information content (AvgIpc) is 2.52. The average molecular weight is 321 g/mol. The SMILES string of the molecule is CNC=CC(=O)c1nn(-c2cccc(OC(F)F)c2)ccc1=O. The van der Waals surface area contributed by atoms with E-state index in [1.54, 1.807) is 13.1 Å². The van der Waals surface area contributed by atoms with Crippen LogP contribution in [0.3, 0.4) is 0 Å². The molecule has 2 aromatic rings. The predicted octanol–water partition coefficient (Wildman–Crippen LogP) is 1.75. The van der Waals surface area contributed by atoms with Gasteiger partial charge >= 0.3 is 6.61 Å². The van der Waals surface area contributed by atoms with E-state index in [4.69, 9.17) is 0 Å². The molecule has 1 N–H and O–H groups in total. The quantitative estimate of drug-likeness (QED) is 0.648. The van der Waals surface area contributed by atoms with Gasteiger partial charge in [-0.25, -0.2) is 4.68 Å². The van der Waals surface area contributed by atoms with Crippen LogP contribution in [0, 0.1) is 0 Å². The van der Waals surface area contributed by atoms with Crippen LogP contribution in [0.5, 0.6) is 5.75 Å². The Morgan fingerprint density at radius 1 is 1.39 bits per heavy atom. The Morgan fingerprint density at radius 2 is 2.17 bits per heavy atom. The van der Waals surface area contributed by atoms with E-state index in [0.29, 0.717) is 5.69 Å². The molecule has 0 spiro atoms. The summed E-state index contributed by atoms with van der Waals surface area (Å²) < 4.78 is 30.0. The molecule has 120 valence electrons. The third kappa shape index (κ3) is 4.22. The highest BCUT2D eigenvalue weighted by atomic mass is 19.3. The molecule has 0 bridgehead atoms. The molecule has 2 rings (SSSR count). The second kappa shape index (κ2) is 7.30. The molecule has 0 amide bonds. The van der Waals surface area contributed by atoms with Crippen LogP contribution in [0.15, 0.2) is 53.6 Å². The number of nitrogens with one attached hydrogen (secondary N) is 1. The number of rotatable bonds is 6. The van der Waals surface area contributed by atoms with Gasteiger partial charge in [-0.1, -0.05) is 6.07 Å². The first-order chi connectivity index (χ1) is 11.0. The van der Waals surface area contributed by atoms with Gasteiger partial charge in [-0.15, -0.1) is 0 Å². The molecule has 6 nitrogen and oxygen atoms in total. The smallest absolute Gasteiger partial charge is 0.387 e. The van der Waals surface area contributed by atoms with Crippen LogP contribution in [-0.2, 0) is 0 Å². The Hall–Kier alpha value is -3.03. The second-order valence-electron chi connectivity index (χ2n) is 4.34. The number of allylic oxidation sites excluding steroid dienone is 1. The molecule has 0 atom stereocenters. The molecule has 0 fully saturated rings. The standard InChI is InChI=1S/C15H13F2N3O3/c1-18-7-5-12(21)14-13(22)6-8-20(19-14)10-3-2-4-11(9-10)23-15(16)17/h2-9,15,18H,1H3. The first-order valence-electron chi connectivity index (χ1n) is 6.54. The molecule has 0 aliphatic rings. The summed E-state index contributed by atoms with van der Waals surface area (Å²) in [6.07, 6.45) is 3.88. The molecule has 1 aromatic heterocycles. The van der Waals surface area contributed by atoms with E-state index >= 15 is 0 Å². The maximum atomic E-state index is 12.3. The lowest BCUT2D eigenvalue weighted by molar-refractivity contribution is -0.0498. The number of alkyl halides is 2. The maximum absolute atomic E-state index is 12.3. The number of hydrogen-bond donors (Lipinski definition) is 1. The highest BCUT2D eigenvalue weighted by Gasteiger charge is 2.11. The Bertz CT molecular complexity index is 788. The lowest BCUT2D eigenvalue weighted by Crippen LogP contribution is -2.20. The Morgan fingerprint density at radius 3 is 2.87 bits per heavy atom. The van der Waals surface area contributed by atoms with Gasteiger partial charge in [0, 0.05) is 37.7 Å². The van der Waals surface area contributed by atoms with Gasteiger partial charge in [0.15, 0.2) is 5.69 Å².